The standard InChI is InChI=1S/C27H26N4O5S/c1-4-36-27(33)24-22-7-5-6-8-23(22)37-26(24)29-25(32)19(15-28)14-18-13-16(2)30(17(18)3)20-9-11-21(12-10-20)31(34)35/h9-14H,4-8H2,1-3H3,(H,29,32)/b19-14+. The molecule has 2 aromatic heterocycles. The van der Waals surface area contributed by atoms with Gasteiger partial charge in [-0.15, -0.1) is 11.3 Å². The Morgan fingerprint density at radius 2 is 1.95 bits per heavy atom. The Balaban J connectivity index is 1.65. The lowest BCUT2D eigenvalue weighted by molar-refractivity contribution is -0.384. The molecule has 2 heterocycles. The molecule has 1 aromatic carbocycles. The van der Waals surface area contributed by atoms with Crippen LogP contribution in [0, 0.1) is 35.3 Å². The summed E-state index contributed by atoms with van der Waals surface area (Å²) in [5.74, 6) is -1.07. The molecular formula is C27H26N4O5S. The van der Waals surface area contributed by atoms with E-state index in [0.717, 1.165) is 53.2 Å². The number of ether oxygens (including phenoxy) is 1. The van der Waals surface area contributed by atoms with E-state index in [0.29, 0.717) is 16.1 Å². The van der Waals surface area contributed by atoms with E-state index < -0.39 is 16.8 Å². The van der Waals surface area contributed by atoms with Gasteiger partial charge in [-0.05, 0) is 81.9 Å². The van der Waals surface area contributed by atoms with Crippen molar-refractivity contribution < 1.29 is 19.2 Å². The molecule has 37 heavy (non-hydrogen) atoms. The number of aryl methyl sites for hydroxylation is 2. The third-order valence-corrected chi connectivity index (χ3v) is 7.54. The molecule has 1 N–H and O–H groups in total. The molecule has 0 saturated heterocycles. The van der Waals surface area contributed by atoms with Crippen molar-refractivity contribution in [1.29, 1.82) is 5.26 Å². The highest BCUT2D eigenvalue weighted by Crippen LogP contribution is 2.39. The molecule has 1 amide bonds. The average Bonchev–Trinajstić information content (AvgIpc) is 3.38. The van der Waals surface area contributed by atoms with E-state index >= 15 is 0 Å². The molecule has 1 aliphatic carbocycles. The normalized spacial score (nSPS) is 13.0. The van der Waals surface area contributed by atoms with E-state index in [-0.39, 0.29) is 17.9 Å². The fraction of sp³-hybridized carbons (Fsp3) is 0.296. The molecule has 0 bridgehead atoms. The number of hydrogen-bond acceptors (Lipinski definition) is 7. The molecule has 3 aromatic rings. The molecular weight excluding hydrogens is 492 g/mol. The number of rotatable bonds is 7. The number of aromatic nitrogens is 1. The van der Waals surface area contributed by atoms with Crippen molar-refractivity contribution >= 4 is 40.0 Å². The maximum Gasteiger partial charge on any atom is 0.341 e. The molecule has 1 aliphatic rings. The van der Waals surface area contributed by atoms with Gasteiger partial charge in [0.05, 0.1) is 17.1 Å². The van der Waals surface area contributed by atoms with Gasteiger partial charge in [0, 0.05) is 34.1 Å². The molecule has 9 nitrogen and oxygen atoms in total. The first-order valence-corrected chi connectivity index (χ1v) is 12.7. The summed E-state index contributed by atoms with van der Waals surface area (Å²) in [6.45, 7) is 5.68. The number of carbonyl (C=O) groups is 2. The van der Waals surface area contributed by atoms with Crippen LogP contribution >= 0.6 is 11.3 Å². The van der Waals surface area contributed by atoms with E-state index in [9.17, 15) is 25.0 Å². The van der Waals surface area contributed by atoms with E-state index in [1.54, 1.807) is 19.1 Å². The smallest absolute Gasteiger partial charge is 0.341 e. The molecule has 4 rings (SSSR count). The Kier molecular flexibility index (Phi) is 7.55. The lowest BCUT2D eigenvalue weighted by atomic mass is 9.95. The van der Waals surface area contributed by atoms with Crippen LogP contribution < -0.4 is 5.32 Å². The van der Waals surface area contributed by atoms with Gasteiger partial charge in [0.15, 0.2) is 0 Å². The molecule has 0 spiro atoms. The van der Waals surface area contributed by atoms with Crippen molar-refractivity contribution in [1.82, 2.24) is 4.57 Å². The number of thiophene rings is 1. The average molecular weight is 519 g/mol. The van der Waals surface area contributed by atoms with Crippen molar-refractivity contribution in [2.75, 3.05) is 11.9 Å². The minimum atomic E-state index is -0.605. The number of nitro benzene ring substituents is 1. The van der Waals surface area contributed by atoms with Crippen LogP contribution in [0.5, 0.6) is 0 Å². The van der Waals surface area contributed by atoms with Crippen LogP contribution in [0.25, 0.3) is 11.8 Å². The Morgan fingerprint density at radius 3 is 2.59 bits per heavy atom. The van der Waals surface area contributed by atoms with Crippen molar-refractivity contribution in [2.24, 2.45) is 0 Å². The highest BCUT2D eigenvalue weighted by Gasteiger charge is 2.28. The maximum absolute atomic E-state index is 13.1. The second-order valence-corrected chi connectivity index (χ2v) is 9.80. The molecule has 0 fully saturated rings. The highest BCUT2D eigenvalue weighted by atomic mass is 32.1. The number of esters is 1. The second kappa shape index (κ2) is 10.8. The number of fused-ring (bicyclic) bond motifs is 1. The molecule has 0 atom stereocenters. The number of nitro groups is 1. The molecule has 0 saturated carbocycles. The zero-order chi connectivity index (χ0) is 26.7. The number of nitriles is 1. The summed E-state index contributed by atoms with van der Waals surface area (Å²) >= 11 is 1.37. The Bertz CT molecular complexity index is 1460. The van der Waals surface area contributed by atoms with Gasteiger partial charge in [0.1, 0.15) is 16.6 Å². The van der Waals surface area contributed by atoms with Crippen LogP contribution in [0.2, 0.25) is 0 Å². The SMILES string of the molecule is CCOC(=O)c1c(NC(=O)/C(C#N)=C/c2cc(C)n(-c3ccc([N+](=O)[O-])cc3)c2C)sc2c1CCCC2. The number of benzene rings is 1. The summed E-state index contributed by atoms with van der Waals surface area (Å²) in [6.07, 6.45) is 5.11. The minimum absolute atomic E-state index is 0.00721. The number of anilines is 1. The van der Waals surface area contributed by atoms with E-state index in [4.69, 9.17) is 4.74 Å². The molecule has 0 unspecified atom stereocenters. The number of carbonyl (C=O) groups excluding carboxylic acids is 2. The lowest BCUT2D eigenvalue weighted by Crippen LogP contribution is -2.16. The highest BCUT2D eigenvalue weighted by molar-refractivity contribution is 7.17. The van der Waals surface area contributed by atoms with Gasteiger partial charge in [-0.1, -0.05) is 0 Å². The van der Waals surface area contributed by atoms with Crippen LogP contribution in [-0.2, 0) is 22.4 Å². The van der Waals surface area contributed by atoms with Crippen molar-refractivity contribution in [3.05, 3.63) is 79.0 Å². The fourth-order valence-electron chi connectivity index (χ4n) is 4.60. The summed E-state index contributed by atoms with van der Waals surface area (Å²) in [5.41, 5.74) is 4.21. The summed E-state index contributed by atoms with van der Waals surface area (Å²) in [6, 6.07) is 9.98. The Labute approximate surface area is 218 Å². The number of nitrogens with one attached hydrogen (secondary N) is 1. The number of amides is 1. The zero-order valence-corrected chi connectivity index (χ0v) is 21.6. The van der Waals surface area contributed by atoms with Crippen LogP contribution in [0.3, 0.4) is 0 Å². The van der Waals surface area contributed by atoms with Gasteiger partial charge in [0.2, 0.25) is 0 Å². The monoisotopic (exact) mass is 518 g/mol. The first-order chi connectivity index (χ1) is 17.7. The second-order valence-electron chi connectivity index (χ2n) is 8.69. The van der Waals surface area contributed by atoms with E-state index in [1.807, 2.05) is 30.6 Å². The zero-order valence-electron chi connectivity index (χ0n) is 20.8. The van der Waals surface area contributed by atoms with Gasteiger partial charge >= 0.3 is 5.97 Å². The molecule has 10 heteroatoms. The minimum Gasteiger partial charge on any atom is -0.462 e. The van der Waals surface area contributed by atoms with Gasteiger partial charge in [-0.3, -0.25) is 14.9 Å². The molecule has 190 valence electrons. The maximum atomic E-state index is 13.1. The third-order valence-electron chi connectivity index (χ3n) is 6.33. The van der Waals surface area contributed by atoms with Gasteiger partial charge in [0.25, 0.3) is 11.6 Å². The van der Waals surface area contributed by atoms with Gasteiger partial charge in [-0.25, -0.2) is 4.79 Å². The number of non-ortho nitro benzene ring substituents is 1. The van der Waals surface area contributed by atoms with Crippen LogP contribution in [0.15, 0.2) is 35.9 Å². The quantitative estimate of drug-likeness (QED) is 0.141. The Morgan fingerprint density at radius 1 is 1.24 bits per heavy atom. The lowest BCUT2D eigenvalue weighted by Gasteiger charge is -2.12. The van der Waals surface area contributed by atoms with Crippen LogP contribution in [0.4, 0.5) is 10.7 Å². The van der Waals surface area contributed by atoms with Crippen molar-refractivity contribution in [3.8, 4) is 11.8 Å². The Hall–Kier alpha value is -4.23. The predicted octanol–water partition coefficient (Wildman–Crippen LogP) is 5.67. The molecule has 0 radical (unpaired) electrons. The topological polar surface area (TPSA) is 127 Å². The van der Waals surface area contributed by atoms with Crippen molar-refractivity contribution in [3.63, 3.8) is 0 Å². The van der Waals surface area contributed by atoms with Crippen molar-refractivity contribution in [2.45, 2.75) is 46.5 Å². The summed E-state index contributed by atoms with van der Waals surface area (Å²) in [7, 11) is 0. The fourth-order valence-corrected chi connectivity index (χ4v) is 5.87. The van der Waals surface area contributed by atoms with Crippen LogP contribution in [-0.4, -0.2) is 28.0 Å². The number of hydrogen-bond donors (Lipinski definition) is 1. The third kappa shape index (κ3) is 5.17. The summed E-state index contributed by atoms with van der Waals surface area (Å²) < 4.78 is 7.15. The first-order valence-electron chi connectivity index (χ1n) is 11.9. The van der Waals surface area contributed by atoms with Gasteiger partial charge in [-0.2, -0.15) is 5.26 Å². The predicted molar refractivity (Wildman–Crippen MR) is 141 cm³/mol. The summed E-state index contributed by atoms with van der Waals surface area (Å²) in [4.78, 5) is 37.4. The first kappa shape index (κ1) is 25.9. The van der Waals surface area contributed by atoms with E-state index in [1.165, 1.54) is 29.5 Å². The van der Waals surface area contributed by atoms with E-state index in [2.05, 4.69) is 5.32 Å². The molecule has 0 aliphatic heterocycles. The summed E-state index contributed by atoms with van der Waals surface area (Å²) in [5, 5.41) is 24.0. The number of nitrogens with zero attached hydrogens (tertiary/aromatic N) is 3. The van der Waals surface area contributed by atoms with Crippen LogP contribution in [0.1, 0.15) is 57.5 Å². The van der Waals surface area contributed by atoms with Gasteiger partial charge < -0.3 is 14.6 Å². The largest absolute Gasteiger partial charge is 0.462 e.